The molecular formula is C21H19ClN8O2. The van der Waals surface area contributed by atoms with Crippen molar-refractivity contribution in [3.05, 3.63) is 47.7 Å². The third-order valence-corrected chi connectivity index (χ3v) is 6.26. The van der Waals surface area contributed by atoms with Gasteiger partial charge in [0.2, 0.25) is 0 Å². The number of nitrogens with one attached hydrogen (secondary N) is 1. The normalized spacial score (nSPS) is 18.8. The van der Waals surface area contributed by atoms with Crippen LogP contribution in [-0.4, -0.2) is 63.1 Å². The van der Waals surface area contributed by atoms with Crippen LogP contribution in [0.3, 0.4) is 0 Å². The van der Waals surface area contributed by atoms with Crippen LogP contribution in [-0.2, 0) is 4.74 Å². The van der Waals surface area contributed by atoms with Crippen molar-refractivity contribution in [3.63, 3.8) is 0 Å². The summed E-state index contributed by atoms with van der Waals surface area (Å²) in [6.07, 6.45) is 3.15. The third-order valence-electron chi connectivity index (χ3n) is 5.90. The van der Waals surface area contributed by atoms with Gasteiger partial charge in [-0.05, 0) is 12.1 Å². The fourth-order valence-corrected chi connectivity index (χ4v) is 4.48. The summed E-state index contributed by atoms with van der Waals surface area (Å²) in [5.74, 6) is 0.845. The molecule has 10 nitrogen and oxygen atoms in total. The van der Waals surface area contributed by atoms with Gasteiger partial charge in [-0.1, -0.05) is 29.8 Å². The molecule has 1 aromatic carbocycles. The number of urea groups is 1. The van der Waals surface area contributed by atoms with Crippen molar-refractivity contribution in [3.8, 4) is 11.1 Å². The van der Waals surface area contributed by atoms with Crippen molar-refractivity contribution in [2.75, 3.05) is 37.0 Å². The van der Waals surface area contributed by atoms with E-state index in [2.05, 4.69) is 21.5 Å². The molecule has 162 valence electrons. The lowest BCUT2D eigenvalue weighted by Gasteiger charge is -2.43. The molecule has 3 aromatic heterocycles. The first-order valence-electron chi connectivity index (χ1n) is 10.2. The van der Waals surface area contributed by atoms with E-state index in [4.69, 9.17) is 27.1 Å². The highest BCUT2D eigenvalue weighted by atomic mass is 35.5. The van der Waals surface area contributed by atoms with E-state index in [0.717, 1.165) is 22.0 Å². The maximum Gasteiger partial charge on any atom is 0.321 e. The molecule has 0 saturated carbocycles. The average molecular weight is 451 g/mol. The summed E-state index contributed by atoms with van der Waals surface area (Å²) in [6, 6.07) is 9.85. The summed E-state index contributed by atoms with van der Waals surface area (Å²) >= 11 is 6.61. The Bertz CT molecular complexity index is 1370. The number of amides is 2. The van der Waals surface area contributed by atoms with Crippen LogP contribution in [0.4, 0.5) is 16.4 Å². The fourth-order valence-electron chi connectivity index (χ4n) is 4.23. The zero-order valence-electron chi connectivity index (χ0n) is 16.9. The van der Waals surface area contributed by atoms with Crippen LogP contribution in [0, 0.1) is 0 Å². The second kappa shape index (κ2) is 7.21. The highest BCUT2D eigenvalue weighted by Gasteiger charge is 2.35. The number of aromatic nitrogens is 4. The summed E-state index contributed by atoms with van der Waals surface area (Å²) in [6.45, 7) is 1.66. The summed E-state index contributed by atoms with van der Waals surface area (Å²) in [4.78, 5) is 25.1. The predicted octanol–water partition coefficient (Wildman–Crippen LogP) is 2.33. The van der Waals surface area contributed by atoms with Crippen LogP contribution in [0.1, 0.15) is 0 Å². The molecule has 3 N–H and O–H groups in total. The lowest BCUT2D eigenvalue weighted by Crippen LogP contribution is -2.62. The smallest absolute Gasteiger partial charge is 0.321 e. The molecule has 0 spiro atoms. The topological polar surface area (TPSA) is 114 Å². The quantitative estimate of drug-likeness (QED) is 0.481. The molecule has 2 amide bonds. The van der Waals surface area contributed by atoms with E-state index < -0.39 is 0 Å². The highest BCUT2D eigenvalue weighted by Crippen LogP contribution is 2.35. The number of fused-ring (bicyclic) bond motifs is 3. The van der Waals surface area contributed by atoms with E-state index in [0.29, 0.717) is 41.9 Å². The zero-order chi connectivity index (χ0) is 21.8. The number of ether oxygens (including phenoxy) is 1. The Labute approximate surface area is 187 Å². The molecule has 2 aliphatic rings. The van der Waals surface area contributed by atoms with Gasteiger partial charge in [0.1, 0.15) is 17.6 Å². The molecule has 2 aliphatic heterocycles. The van der Waals surface area contributed by atoms with Crippen LogP contribution in [0.2, 0.25) is 5.02 Å². The SMILES string of the molecule is Nc1c(Cl)c(N2CCN3C(=O)NCOC3C2)nc2c(-c3cnc4ccccc4c3)cnn12. The van der Waals surface area contributed by atoms with Gasteiger partial charge in [0.15, 0.2) is 17.7 Å². The number of nitrogen functional groups attached to an aromatic ring is 1. The minimum absolute atomic E-state index is 0.128. The van der Waals surface area contributed by atoms with Crippen LogP contribution < -0.4 is 16.0 Å². The molecule has 5 heterocycles. The van der Waals surface area contributed by atoms with Gasteiger partial charge in [-0.3, -0.25) is 9.88 Å². The number of nitrogens with zero attached hydrogens (tertiary/aromatic N) is 6. The van der Waals surface area contributed by atoms with Crippen LogP contribution in [0.25, 0.3) is 27.7 Å². The third kappa shape index (κ3) is 2.91. The first kappa shape index (κ1) is 19.1. The Morgan fingerprint density at radius 1 is 1.22 bits per heavy atom. The van der Waals surface area contributed by atoms with Crippen molar-refractivity contribution in [1.82, 2.24) is 29.8 Å². The zero-order valence-corrected chi connectivity index (χ0v) is 17.7. The standard InChI is InChI=1S/C21H19ClN8O2/c22-17-18(23)30-19(14(9-26-30)13-7-12-3-1-2-4-15(12)24-8-13)27-20(17)28-5-6-29-16(10-28)32-11-25-21(29)31/h1-4,7-9,16H,5-6,10-11,23H2,(H,25,31). The molecule has 4 aromatic rings. The first-order chi connectivity index (χ1) is 15.6. The second-order valence-electron chi connectivity index (χ2n) is 7.73. The molecular weight excluding hydrogens is 432 g/mol. The van der Waals surface area contributed by atoms with E-state index in [9.17, 15) is 4.79 Å². The number of halogens is 1. The molecule has 6 rings (SSSR count). The molecule has 1 atom stereocenters. The summed E-state index contributed by atoms with van der Waals surface area (Å²) < 4.78 is 7.24. The number of rotatable bonds is 2. The van der Waals surface area contributed by atoms with Crippen LogP contribution in [0.15, 0.2) is 42.7 Å². The fraction of sp³-hybridized carbons (Fsp3) is 0.238. The van der Waals surface area contributed by atoms with Crippen molar-refractivity contribution in [2.24, 2.45) is 0 Å². The van der Waals surface area contributed by atoms with Crippen molar-refractivity contribution < 1.29 is 9.53 Å². The van der Waals surface area contributed by atoms with E-state index in [-0.39, 0.29) is 19.0 Å². The van der Waals surface area contributed by atoms with Gasteiger partial charge in [-0.25, -0.2) is 9.78 Å². The molecule has 0 radical (unpaired) electrons. The summed E-state index contributed by atoms with van der Waals surface area (Å²) in [5.41, 5.74) is 9.53. The second-order valence-corrected chi connectivity index (χ2v) is 8.11. The molecule has 1 unspecified atom stereocenters. The Morgan fingerprint density at radius 3 is 3.00 bits per heavy atom. The van der Waals surface area contributed by atoms with E-state index in [1.807, 2.05) is 29.2 Å². The Morgan fingerprint density at radius 2 is 2.09 bits per heavy atom. The number of para-hydroxylation sites is 1. The lowest BCUT2D eigenvalue weighted by atomic mass is 10.1. The van der Waals surface area contributed by atoms with Crippen molar-refractivity contribution in [1.29, 1.82) is 0 Å². The minimum Gasteiger partial charge on any atom is -0.382 e. The van der Waals surface area contributed by atoms with Gasteiger partial charge in [-0.2, -0.15) is 9.61 Å². The maximum atomic E-state index is 12.1. The number of pyridine rings is 1. The van der Waals surface area contributed by atoms with Gasteiger partial charge in [-0.15, -0.1) is 0 Å². The Balaban J connectivity index is 1.43. The number of hydrogen-bond donors (Lipinski definition) is 2. The Hall–Kier alpha value is -3.63. The molecule has 0 aliphatic carbocycles. The molecule has 2 fully saturated rings. The summed E-state index contributed by atoms with van der Waals surface area (Å²) in [5, 5.41) is 8.43. The monoisotopic (exact) mass is 450 g/mol. The number of carbonyl (C=O) groups is 1. The number of anilines is 2. The highest BCUT2D eigenvalue weighted by molar-refractivity contribution is 6.35. The number of benzene rings is 1. The minimum atomic E-state index is -0.373. The van der Waals surface area contributed by atoms with Gasteiger partial charge in [0.05, 0.1) is 18.3 Å². The van der Waals surface area contributed by atoms with E-state index in [1.165, 1.54) is 4.52 Å². The van der Waals surface area contributed by atoms with Crippen LogP contribution in [0.5, 0.6) is 0 Å². The number of nitrogens with two attached hydrogens (primary N) is 1. The Kier molecular flexibility index (Phi) is 4.30. The van der Waals surface area contributed by atoms with Crippen LogP contribution >= 0.6 is 11.6 Å². The molecule has 2 saturated heterocycles. The molecule has 11 heteroatoms. The molecule has 32 heavy (non-hydrogen) atoms. The van der Waals surface area contributed by atoms with Gasteiger partial charge >= 0.3 is 6.03 Å². The van der Waals surface area contributed by atoms with Gasteiger partial charge in [0, 0.05) is 35.8 Å². The first-order valence-corrected chi connectivity index (χ1v) is 10.6. The van der Waals surface area contributed by atoms with Gasteiger partial charge in [0.25, 0.3) is 0 Å². The lowest BCUT2D eigenvalue weighted by molar-refractivity contribution is -0.0714. The number of hydrogen-bond acceptors (Lipinski definition) is 7. The molecule has 0 bridgehead atoms. The van der Waals surface area contributed by atoms with E-state index >= 15 is 0 Å². The summed E-state index contributed by atoms with van der Waals surface area (Å²) in [7, 11) is 0. The van der Waals surface area contributed by atoms with E-state index in [1.54, 1.807) is 17.3 Å². The van der Waals surface area contributed by atoms with Crippen molar-refractivity contribution in [2.45, 2.75) is 6.23 Å². The largest absolute Gasteiger partial charge is 0.382 e. The number of piperazine rings is 1. The number of carbonyl (C=O) groups excluding carboxylic acids is 1. The van der Waals surface area contributed by atoms with Crippen molar-refractivity contribution >= 4 is 45.8 Å². The van der Waals surface area contributed by atoms with Gasteiger partial charge < -0.3 is 20.7 Å². The maximum absolute atomic E-state index is 12.1. The average Bonchev–Trinajstić information content (AvgIpc) is 3.25. The predicted molar refractivity (Wildman–Crippen MR) is 120 cm³/mol.